The van der Waals surface area contributed by atoms with Crippen LogP contribution in [0, 0.1) is 13.8 Å². The SMILES string of the molecule is CNCCCCNc1cc(C)c(OC)c(C)c1. The van der Waals surface area contributed by atoms with Crippen LogP contribution in [0.25, 0.3) is 0 Å². The molecule has 0 amide bonds. The van der Waals surface area contributed by atoms with Gasteiger partial charge in [0.2, 0.25) is 0 Å². The van der Waals surface area contributed by atoms with Crippen LogP contribution in [0.15, 0.2) is 12.1 Å². The van der Waals surface area contributed by atoms with Crippen molar-refractivity contribution in [2.45, 2.75) is 26.7 Å². The third-order valence-corrected chi connectivity index (χ3v) is 2.85. The van der Waals surface area contributed by atoms with Gasteiger partial charge in [-0.3, -0.25) is 0 Å². The molecule has 0 radical (unpaired) electrons. The van der Waals surface area contributed by atoms with Gasteiger partial charge in [-0.05, 0) is 63.5 Å². The molecule has 0 bridgehead atoms. The second-order valence-electron chi connectivity index (χ2n) is 4.38. The van der Waals surface area contributed by atoms with E-state index in [0.29, 0.717) is 0 Å². The Hall–Kier alpha value is -1.22. The fourth-order valence-corrected chi connectivity index (χ4v) is 2.03. The second kappa shape index (κ2) is 7.17. The van der Waals surface area contributed by atoms with Gasteiger partial charge in [0.05, 0.1) is 7.11 Å². The smallest absolute Gasteiger partial charge is 0.124 e. The molecule has 0 saturated carbocycles. The lowest BCUT2D eigenvalue weighted by Gasteiger charge is -2.12. The summed E-state index contributed by atoms with van der Waals surface area (Å²) < 4.78 is 5.35. The summed E-state index contributed by atoms with van der Waals surface area (Å²) >= 11 is 0. The average molecular weight is 236 g/mol. The number of hydrogen-bond donors (Lipinski definition) is 2. The van der Waals surface area contributed by atoms with Gasteiger partial charge >= 0.3 is 0 Å². The number of unbranched alkanes of at least 4 members (excludes halogenated alkanes) is 1. The Morgan fingerprint density at radius 1 is 1.06 bits per heavy atom. The predicted octanol–water partition coefficient (Wildman–Crippen LogP) is 2.72. The van der Waals surface area contributed by atoms with Crippen molar-refractivity contribution in [1.29, 1.82) is 0 Å². The van der Waals surface area contributed by atoms with Gasteiger partial charge in [-0.15, -0.1) is 0 Å². The number of nitrogens with one attached hydrogen (secondary N) is 2. The number of anilines is 1. The average Bonchev–Trinajstić information content (AvgIpc) is 2.28. The Kier molecular flexibility index (Phi) is 5.84. The number of ether oxygens (including phenoxy) is 1. The Labute approximate surface area is 105 Å². The van der Waals surface area contributed by atoms with Gasteiger partial charge in [-0.25, -0.2) is 0 Å². The maximum absolute atomic E-state index is 5.35. The summed E-state index contributed by atoms with van der Waals surface area (Å²) in [5.74, 6) is 0.991. The molecule has 96 valence electrons. The van der Waals surface area contributed by atoms with E-state index in [1.54, 1.807) is 7.11 Å². The van der Waals surface area contributed by atoms with E-state index in [2.05, 4.69) is 36.6 Å². The molecule has 0 unspecified atom stereocenters. The lowest BCUT2D eigenvalue weighted by molar-refractivity contribution is 0.408. The molecule has 0 aliphatic rings. The number of methoxy groups -OCH3 is 1. The summed E-state index contributed by atoms with van der Waals surface area (Å²) in [5.41, 5.74) is 3.56. The van der Waals surface area contributed by atoms with Gasteiger partial charge in [-0.2, -0.15) is 0 Å². The fraction of sp³-hybridized carbons (Fsp3) is 0.571. The summed E-state index contributed by atoms with van der Waals surface area (Å²) in [4.78, 5) is 0. The minimum absolute atomic E-state index is 0.991. The molecule has 0 atom stereocenters. The summed E-state index contributed by atoms with van der Waals surface area (Å²) in [6, 6.07) is 4.29. The lowest BCUT2D eigenvalue weighted by Crippen LogP contribution is -2.10. The molecular weight excluding hydrogens is 212 g/mol. The minimum atomic E-state index is 0.991. The summed E-state index contributed by atoms with van der Waals surface area (Å²) in [5, 5.41) is 6.61. The van der Waals surface area contributed by atoms with Crippen LogP contribution in [0.2, 0.25) is 0 Å². The molecule has 0 aliphatic carbocycles. The molecule has 1 aromatic carbocycles. The van der Waals surface area contributed by atoms with Gasteiger partial charge in [0.25, 0.3) is 0 Å². The summed E-state index contributed by atoms with van der Waals surface area (Å²) in [7, 11) is 3.71. The highest BCUT2D eigenvalue weighted by Crippen LogP contribution is 2.26. The quantitative estimate of drug-likeness (QED) is 0.714. The van der Waals surface area contributed by atoms with Crippen LogP contribution >= 0.6 is 0 Å². The molecule has 0 aliphatic heterocycles. The zero-order valence-electron chi connectivity index (χ0n) is 11.4. The zero-order valence-corrected chi connectivity index (χ0v) is 11.4. The van der Waals surface area contributed by atoms with Crippen molar-refractivity contribution in [3.63, 3.8) is 0 Å². The molecule has 3 nitrogen and oxygen atoms in total. The number of benzene rings is 1. The van der Waals surface area contributed by atoms with Crippen LogP contribution < -0.4 is 15.4 Å². The van der Waals surface area contributed by atoms with Crippen molar-refractivity contribution >= 4 is 5.69 Å². The first-order valence-corrected chi connectivity index (χ1v) is 6.22. The first-order chi connectivity index (χ1) is 8.19. The maximum Gasteiger partial charge on any atom is 0.124 e. The van der Waals surface area contributed by atoms with Crippen LogP contribution in [0.1, 0.15) is 24.0 Å². The van der Waals surface area contributed by atoms with Gasteiger partial charge in [0.15, 0.2) is 0 Å². The van der Waals surface area contributed by atoms with Crippen LogP contribution in [0.3, 0.4) is 0 Å². The van der Waals surface area contributed by atoms with E-state index in [9.17, 15) is 0 Å². The van der Waals surface area contributed by atoms with Crippen molar-refractivity contribution < 1.29 is 4.74 Å². The third-order valence-electron chi connectivity index (χ3n) is 2.85. The zero-order chi connectivity index (χ0) is 12.7. The van der Waals surface area contributed by atoms with Crippen molar-refractivity contribution in [3.05, 3.63) is 23.3 Å². The lowest BCUT2D eigenvalue weighted by atomic mass is 10.1. The Bertz CT molecular complexity index is 327. The van der Waals surface area contributed by atoms with E-state index in [4.69, 9.17) is 4.74 Å². The van der Waals surface area contributed by atoms with Crippen molar-refractivity contribution in [2.24, 2.45) is 0 Å². The number of hydrogen-bond acceptors (Lipinski definition) is 3. The first kappa shape index (κ1) is 13.8. The highest BCUT2D eigenvalue weighted by molar-refractivity contribution is 5.55. The number of rotatable bonds is 7. The standard InChI is InChI=1S/C14H24N2O/c1-11-9-13(10-12(2)14(11)17-4)16-8-6-5-7-15-3/h9-10,15-16H,5-8H2,1-4H3. The molecular formula is C14H24N2O. The summed E-state index contributed by atoms with van der Waals surface area (Å²) in [6.07, 6.45) is 2.39. The molecule has 0 spiro atoms. The molecule has 2 N–H and O–H groups in total. The van der Waals surface area contributed by atoms with Crippen molar-refractivity contribution in [1.82, 2.24) is 5.32 Å². The van der Waals surface area contributed by atoms with E-state index in [0.717, 1.165) is 18.8 Å². The molecule has 0 fully saturated rings. The van der Waals surface area contributed by atoms with Crippen molar-refractivity contribution in [2.75, 3.05) is 32.6 Å². The second-order valence-corrected chi connectivity index (χ2v) is 4.38. The van der Waals surface area contributed by atoms with Crippen LogP contribution in [-0.4, -0.2) is 27.2 Å². The van der Waals surface area contributed by atoms with E-state index in [-0.39, 0.29) is 0 Å². The molecule has 1 rings (SSSR count). The fourth-order valence-electron chi connectivity index (χ4n) is 2.03. The molecule has 0 saturated heterocycles. The van der Waals surface area contributed by atoms with E-state index >= 15 is 0 Å². The van der Waals surface area contributed by atoms with E-state index < -0.39 is 0 Å². The van der Waals surface area contributed by atoms with Crippen LogP contribution in [0.4, 0.5) is 5.69 Å². The summed E-state index contributed by atoms with van der Waals surface area (Å²) in [6.45, 7) is 6.27. The Morgan fingerprint density at radius 2 is 1.65 bits per heavy atom. The molecule has 0 heterocycles. The van der Waals surface area contributed by atoms with Crippen LogP contribution in [0.5, 0.6) is 5.75 Å². The molecule has 3 heteroatoms. The first-order valence-electron chi connectivity index (χ1n) is 6.22. The van der Waals surface area contributed by atoms with Gasteiger partial charge in [-0.1, -0.05) is 0 Å². The van der Waals surface area contributed by atoms with Gasteiger partial charge < -0.3 is 15.4 Å². The Balaban J connectivity index is 2.49. The third kappa shape index (κ3) is 4.27. The Morgan fingerprint density at radius 3 is 2.18 bits per heavy atom. The maximum atomic E-state index is 5.35. The largest absolute Gasteiger partial charge is 0.496 e. The highest BCUT2D eigenvalue weighted by atomic mass is 16.5. The minimum Gasteiger partial charge on any atom is -0.496 e. The van der Waals surface area contributed by atoms with E-state index in [1.807, 2.05) is 7.05 Å². The predicted molar refractivity (Wildman–Crippen MR) is 74.1 cm³/mol. The van der Waals surface area contributed by atoms with Crippen molar-refractivity contribution in [3.8, 4) is 5.75 Å². The molecule has 0 aromatic heterocycles. The number of aryl methyl sites for hydroxylation is 2. The van der Waals surface area contributed by atoms with E-state index in [1.165, 1.54) is 29.7 Å². The molecule has 17 heavy (non-hydrogen) atoms. The topological polar surface area (TPSA) is 33.3 Å². The molecule has 1 aromatic rings. The van der Waals surface area contributed by atoms with Gasteiger partial charge in [0, 0.05) is 12.2 Å². The normalized spacial score (nSPS) is 10.4. The van der Waals surface area contributed by atoms with Gasteiger partial charge in [0.1, 0.15) is 5.75 Å². The highest BCUT2D eigenvalue weighted by Gasteiger charge is 2.04. The van der Waals surface area contributed by atoms with Crippen LogP contribution in [-0.2, 0) is 0 Å². The monoisotopic (exact) mass is 236 g/mol.